The average Bonchev–Trinajstić information content (AvgIpc) is 2.84. The van der Waals surface area contributed by atoms with Gasteiger partial charge in [-0.15, -0.1) is 6.58 Å². The molecular weight excluding hydrogens is 222 g/mol. The summed E-state index contributed by atoms with van der Waals surface area (Å²) in [6, 6.07) is 8.86. The van der Waals surface area contributed by atoms with Crippen molar-refractivity contribution in [1.29, 1.82) is 0 Å². The van der Waals surface area contributed by atoms with E-state index in [1.807, 2.05) is 6.08 Å². The number of ether oxygens (including phenoxy) is 1. The second-order valence-corrected chi connectivity index (χ2v) is 5.48. The summed E-state index contributed by atoms with van der Waals surface area (Å²) >= 11 is 0. The quantitative estimate of drug-likeness (QED) is 0.819. The highest BCUT2D eigenvalue weighted by Gasteiger charge is 2.42. The van der Waals surface area contributed by atoms with Crippen LogP contribution in [0.3, 0.4) is 0 Å². The van der Waals surface area contributed by atoms with Crippen molar-refractivity contribution in [2.45, 2.75) is 43.7 Å². The number of hydrogen-bond donors (Lipinski definition) is 1. The van der Waals surface area contributed by atoms with Crippen LogP contribution in [0.1, 0.15) is 43.7 Å². The molecule has 1 aromatic rings. The fourth-order valence-corrected chi connectivity index (χ4v) is 3.35. The van der Waals surface area contributed by atoms with E-state index in [1.54, 1.807) is 0 Å². The van der Waals surface area contributed by atoms with Crippen molar-refractivity contribution in [3.05, 3.63) is 42.5 Å². The molecule has 2 nitrogen and oxygen atoms in total. The molecule has 1 spiro atoms. The smallest absolute Gasteiger partial charge is 0.124 e. The molecule has 18 heavy (non-hydrogen) atoms. The van der Waals surface area contributed by atoms with Crippen molar-refractivity contribution >= 4 is 0 Å². The van der Waals surface area contributed by atoms with Gasteiger partial charge in [0.15, 0.2) is 0 Å². The molecule has 0 aromatic heterocycles. The van der Waals surface area contributed by atoms with Crippen LogP contribution in [0.15, 0.2) is 36.9 Å². The maximum absolute atomic E-state index is 6.32. The minimum Gasteiger partial charge on any atom is -0.487 e. The zero-order chi connectivity index (χ0) is 12.4. The van der Waals surface area contributed by atoms with E-state index >= 15 is 0 Å². The highest BCUT2D eigenvalue weighted by Crippen LogP contribution is 2.46. The van der Waals surface area contributed by atoms with Gasteiger partial charge in [0.05, 0.1) is 0 Å². The lowest BCUT2D eigenvalue weighted by Gasteiger charge is -2.40. The Morgan fingerprint density at radius 3 is 2.89 bits per heavy atom. The largest absolute Gasteiger partial charge is 0.487 e. The monoisotopic (exact) mass is 243 g/mol. The first-order chi connectivity index (χ1) is 8.83. The van der Waals surface area contributed by atoms with E-state index in [2.05, 4.69) is 36.2 Å². The van der Waals surface area contributed by atoms with Crippen LogP contribution >= 0.6 is 0 Å². The number of hydrogen-bond acceptors (Lipinski definition) is 2. The first kappa shape index (κ1) is 11.8. The standard InChI is InChI=1S/C16H21NO/c1-2-11-17-14-12-16(9-5-6-10-16)18-15-8-4-3-7-13(14)15/h2-4,7-8,14,17H,1,5-6,9-12H2. The summed E-state index contributed by atoms with van der Waals surface area (Å²) in [5.74, 6) is 1.08. The van der Waals surface area contributed by atoms with Crippen LogP contribution in [0.5, 0.6) is 5.75 Å². The summed E-state index contributed by atoms with van der Waals surface area (Å²) in [5.41, 5.74) is 1.39. The van der Waals surface area contributed by atoms with Crippen molar-refractivity contribution in [3.63, 3.8) is 0 Å². The third-order valence-corrected chi connectivity index (χ3v) is 4.22. The van der Waals surface area contributed by atoms with E-state index in [1.165, 1.54) is 31.2 Å². The normalized spacial score (nSPS) is 24.6. The van der Waals surface area contributed by atoms with E-state index in [0.717, 1.165) is 18.7 Å². The van der Waals surface area contributed by atoms with Crippen LogP contribution < -0.4 is 10.1 Å². The Balaban J connectivity index is 1.90. The second-order valence-electron chi connectivity index (χ2n) is 5.48. The van der Waals surface area contributed by atoms with Crippen LogP contribution in [0.4, 0.5) is 0 Å². The van der Waals surface area contributed by atoms with Gasteiger partial charge < -0.3 is 10.1 Å². The van der Waals surface area contributed by atoms with E-state index in [4.69, 9.17) is 4.74 Å². The highest BCUT2D eigenvalue weighted by atomic mass is 16.5. The number of nitrogens with one attached hydrogen (secondary N) is 1. The van der Waals surface area contributed by atoms with Crippen LogP contribution in [-0.2, 0) is 0 Å². The maximum atomic E-state index is 6.32. The predicted molar refractivity (Wildman–Crippen MR) is 73.8 cm³/mol. The Bertz CT molecular complexity index is 434. The van der Waals surface area contributed by atoms with Crippen LogP contribution in [0.2, 0.25) is 0 Å². The number of fused-ring (bicyclic) bond motifs is 1. The van der Waals surface area contributed by atoms with Crippen molar-refractivity contribution in [2.75, 3.05) is 6.54 Å². The van der Waals surface area contributed by atoms with Gasteiger partial charge in [-0.05, 0) is 31.7 Å². The van der Waals surface area contributed by atoms with Crippen LogP contribution in [0.25, 0.3) is 0 Å². The Labute approximate surface area is 109 Å². The summed E-state index contributed by atoms with van der Waals surface area (Å²) in [5, 5.41) is 3.58. The van der Waals surface area contributed by atoms with E-state index in [9.17, 15) is 0 Å². The van der Waals surface area contributed by atoms with Gasteiger partial charge in [0.1, 0.15) is 11.4 Å². The third-order valence-electron chi connectivity index (χ3n) is 4.22. The van der Waals surface area contributed by atoms with E-state index in [0.29, 0.717) is 6.04 Å². The molecule has 0 amide bonds. The van der Waals surface area contributed by atoms with Crippen LogP contribution in [-0.4, -0.2) is 12.1 Å². The van der Waals surface area contributed by atoms with Gasteiger partial charge >= 0.3 is 0 Å². The fourth-order valence-electron chi connectivity index (χ4n) is 3.35. The summed E-state index contributed by atoms with van der Waals surface area (Å²) in [6.45, 7) is 4.65. The molecule has 96 valence electrons. The molecule has 1 saturated carbocycles. The molecule has 1 heterocycles. The van der Waals surface area contributed by atoms with Gasteiger partial charge in [0.25, 0.3) is 0 Å². The van der Waals surface area contributed by atoms with Crippen molar-refractivity contribution in [3.8, 4) is 5.75 Å². The molecule has 2 aliphatic rings. The Morgan fingerprint density at radius 1 is 1.33 bits per heavy atom. The highest BCUT2D eigenvalue weighted by molar-refractivity contribution is 5.39. The van der Waals surface area contributed by atoms with Crippen molar-refractivity contribution in [2.24, 2.45) is 0 Å². The summed E-state index contributed by atoms with van der Waals surface area (Å²) < 4.78 is 6.32. The predicted octanol–water partition coefficient (Wildman–Crippen LogP) is 3.60. The molecule has 1 atom stereocenters. The van der Waals surface area contributed by atoms with Gasteiger partial charge in [-0.25, -0.2) is 0 Å². The fraction of sp³-hybridized carbons (Fsp3) is 0.500. The van der Waals surface area contributed by atoms with Gasteiger partial charge in [-0.3, -0.25) is 0 Å². The maximum Gasteiger partial charge on any atom is 0.124 e. The molecule has 1 aromatic carbocycles. The molecule has 0 radical (unpaired) electrons. The summed E-state index contributed by atoms with van der Waals surface area (Å²) in [6.07, 6.45) is 8.03. The summed E-state index contributed by atoms with van der Waals surface area (Å²) in [7, 11) is 0. The van der Waals surface area contributed by atoms with Crippen molar-refractivity contribution in [1.82, 2.24) is 5.32 Å². The van der Waals surface area contributed by atoms with Crippen LogP contribution in [0, 0.1) is 0 Å². The molecule has 1 N–H and O–H groups in total. The average molecular weight is 243 g/mol. The zero-order valence-electron chi connectivity index (χ0n) is 10.8. The molecule has 1 aliphatic heterocycles. The molecule has 2 heteroatoms. The van der Waals surface area contributed by atoms with Gasteiger partial charge in [-0.2, -0.15) is 0 Å². The molecule has 1 fully saturated rings. The zero-order valence-corrected chi connectivity index (χ0v) is 10.8. The van der Waals surface area contributed by atoms with Crippen molar-refractivity contribution < 1.29 is 4.74 Å². The number of benzene rings is 1. The minimum atomic E-state index is 0.0905. The summed E-state index contributed by atoms with van der Waals surface area (Å²) in [4.78, 5) is 0. The third kappa shape index (κ3) is 2.05. The first-order valence-electron chi connectivity index (χ1n) is 6.95. The van der Waals surface area contributed by atoms with Gasteiger partial charge in [-0.1, -0.05) is 24.3 Å². The molecule has 0 saturated heterocycles. The Hall–Kier alpha value is -1.28. The van der Waals surface area contributed by atoms with Gasteiger partial charge in [0.2, 0.25) is 0 Å². The number of rotatable bonds is 3. The second kappa shape index (κ2) is 4.77. The molecule has 1 unspecified atom stereocenters. The molecule has 0 bridgehead atoms. The molecular formula is C16H21NO. The number of para-hydroxylation sites is 1. The van der Waals surface area contributed by atoms with Gasteiger partial charge in [0, 0.05) is 24.6 Å². The topological polar surface area (TPSA) is 21.3 Å². The molecule has 3 rings (SSSR count). The van der Waals surface area contributed by atoms with E-state index < -0.39 is 0 Å². The molecule has 1 aliphatic carbocycles. The first-order valence-corrected chi connectivity index (χ1v) is 6.95. The minimum absolute atomic E-state index is 0.0905. The Kier molecular flexibility index (Phi) is 3.13. The SMILES string of the molecule is C=CCNC1CC2(CCCC2)Oc2ccccc21. The lowest BCUT2D eigenvalue weighted by Crippen LogP contribution is -2.42. The Morgan fingerprint density at radius 2 is 2.11 bits per heavy atom. The lowest BCUT2D eigenvalue weighted by molar-refractivity contribution is 0.0373. The lowest BCUT2D eigenvalue weighted by atomic mass is 9.86. The van der Waals surface area contributed by atoms with E-state index in [-0.39, 0.29) is 5.60 Å².